The van der Waals surface area contributed by atoms with Crippen molar-refractivity contribution in [1.29, 1.82) is 0 Å². The lowest BCUT2D eigenvalue weighted by molar-refractivity contribution is -0.577. The molecule has 2 aromatic carbocycles. The van der Waals surface area contributed by atoms with E-state index in [-0.39, 0.29) is 11.8 Å². The van der Waals surface area contributed by atoms with Crippen LogP contribution in [0.25, 0.3) is 21.8 Å². The van der Waals surface area contributed by atoms with Gasteiger partial charge in [0, 0.05) is 95.1 Å². The molecule has 0 fully saturated rings. The minimum Gasteiger partial charge on any atom is -0.618 e. The third-order valence-corrected chi connectivity index (χ3v) is 11.1. The highest BCUT2D eigenvalue weighted by atomic mass is 35.5. The number of hydrogen-bond donors (Lipinski definition) is 4. The van der Waals surface area contributed by atoms with Crippen LogP contribution in [0.3, 0.4) is 0 Å². The zero-order valence-corrected chi connectivity index (χ0v) is 37.0. The molecule has 2 amide bonds. The maximum absolute atomic E-state index is 12.7. The number of amides is 2. The molecular formula is C48H44Cl2N10O4. The molecule has 324 valence electrons. The predicted octanol–water partition coefficient (Wildman–Crippen LogP) is 7.27. The molecule has 0 aliphatic heterocycles. The predicted molar refractivity (Wildman–Crippen MR) is 249 cm³/mol. The number of aryl methyl sites for hydroxylation is 4. The Balaban J connectivity index is 0.000000191. The van der Waals surface area contributed by atoms with Crippen molar-refractivity contribution in [2.24, 2.45) is 0 Å². The number of benzene rings is 2. The van der Waals surface area contributed by atoms with E-state index in [1.807, 2.05) is 52.0 Å². The SMILES string of the molecule is Cc1cc(N)nc(C)c1CNC(=O)c1ccnc(Cc2ccc3c(cc(Cl)c[n+]3[O-])c2)c1.Cc1cc(N)nc(C)c1CNC(=O)c1ccnc(Cc2ccc3c(cc(Cl)c[n+]3[O-])c2)c1. The van der Waals surface area contributed by atoms with Gasteiger partial charge in [0.1, 0.15) is 21.7 Å². The van der Waals surface area contributed by atoms with E-state index in [1.165, 1.54) is 12.4 Å². The first-order chi connectivity index (χ1) is 30.6. The summed E-state index contributed by atoms with van der Waals surface area (Å²) in [5, 5.41) is 32.1. The molecule has 0 radical (unpaired) electrons. The highest BCUT2D eigenvalue weighted by molar-refractivity contribution is 6.31. The molecule has 0 spiro atoms. The van der Waals surface area contributed by atoms with Crippen molar-refractivity contribution >= 4 is 68.5 Å². The Morgan fingerprint density at radius 3 is 1.39 bits per heavy atom. The Hall–Kier alpha value is -7.42. The molecular weight excluding hydrogens is 851 g/mol. The maximum Gasteiger partial charge on any atom is 0.251 e. The lowest BCUT2D eigenvalue weighted by atomic mass is 10.0. The summed E-state index contributed by atoms with van der Waals surface area (Å²) in [6.07, 6.45) is 6.93. The lowest BCUT2D eigenvalue weighted by Crippen LogP contribution is -2.26. The van der Waals surface area contributed by atoms with Gasteiger partial charge in [0.15, 0.2) is 12.4 Å². The summed E-state index contributed by atoms with van der Waals surface area (Å²) < 4.78 is 1.51. The van der Waals surface area contributed by atoms with Crippen LogP contribution in [-0.4, -0.2) is 31.8 Å². The van der Waals surface area contributed by atoms with E-state index in [4.69, 9.17) is 34.7 Å². The second kappa shape index (κ2) is 19.3. The molecule has 0 atom stereocenters. The van der Waals surface area contributed by atoms with Gasteiger partial charge in [-0.05, 0) is 122 Å². The summed E-state index contributed by atoms with van der Waals surface area (Å²) in [4.78, 5) is 42.8. The van der Waals surface area contributed by atoms with Gasteiger partial charge in [0.2, 0.25) is 11.0 Å². The van der Waals surface area contributed by atoms with E-state index in [9.17, 15) is 20.0 Å². The number of anilines is 2. The molecule has 0 bridgehead atoms. The molecule has 8 rings (SSSR count). The Bertz CT molecular complexity index is 2840. The summed E-state index contributed by atoms with van der Waals surface area (Å²) in [5.41, 5.74) is 22.6. The molecule has 0 saturated heterocycles. The molecule has 0 unspecified atom stereocenters. The number of nitrogens with two attached hydrogens (primary N) is 2. The molecule has 8 aromatic rings. The van der Waals surface area contributed by atoms with E-state index in [0.29, 0.717) is 69.8 Å². The van der Waals surface area contributed by atoms with Crippen LogP contribution >= 0.6 is 23.2 Å². The topological polar surface area (TPSA) is 216 Å². The number of nitrogens with one attached hydrogen (secondary N) is 2. The fourth-order valence-electron chi connectivity index (χ4n) is 7.50. The highest BCUT2D eigenvalue weighted by Gasteiger charge is 2.14. The molecule has 64 heavy (non-hydrogen) atoms. The summed E-state index contributed by atoms with van der Waals surface area (Å²) in [7, 11) is 0. The van der Waals surface area contributed by atoms with Crippen molar-refractivity contribution in [3.63, 3.8) is 0 Å². The zero-order valence-electron chi connectivity index (χ0n) is 35.4. The lowest BCUT2D eigenvalue weighted by Gasteiger charge is -2.12. The Kier molecular flexibility index (Phi) is 13.5. The van der Waals surface area contributed by atoms with Crippen molar-refractivity contribution in [2.45, 2.75) is 53.6 Å². The van der Waals surface area contributed by atoms with Gasteiger partial charge in [-0.3, -0.25) is 19.6 Å². The normalized spacial score (nSPS) is 11.0. The molecule has 16 heteroatoms. The summed E-state index contributed by atoms with van der Waals surface area (Å²) in [6, 6.07) is 25.1. The van der Waals surface area contributed by atoms with E-state index < -0.39 is 0 Å². The zero-order chi connectivity index (χ0) is 45.7. The first-order valence-corrected chi connectivity index (χ1v) is 20.9. The van der Waals surface area contributed by atoms with Crippen LogP contribution in [-0.2, 0) is 25.9 Å². The van der Waals surface area contributed by atoms with Crippen LogP contribution < -0.4 is 31.6 Å². The van der Waals surface area contributed by atoms with Crippen LogP contribution in [0.4, 0.5) is 11.6 Å². The van der Waals surface area contributed by atoms with E-state index >= 15 is 0 Å². The van der Waals surface area contributed by atoms with Crippen LogP contribution in [0.5, 0.6) is 0 Å². The third kappa shape index (κ3) is 10.8. The highest BCUT2D eigenvalue weighted by Crippen LogP contribution is 2.22. The fraction of sp³-hybridized carbons (Fsp3) is 0.167. The number of pyridine rings is 6. The monoisotopic (exact) mass is 894 g/mol. The van der Waals surface area contributed by atoms with Gasteiger partial charge in [-0.2, -0.15) is 9.46 Å². The Labute approximate surface area is 379 Å². The van der Waals surface area contributed by atoms with Gasteiger partial charge in [-0.25, -0.2) is 9.97 Å². The molecule has 6 heterocycles. The van der Waals surface area contributed by atoms with E-state index in [1.54, 1.807) is 73.1 Å². The Morgan fingerprint density at radius 1 is 0.594 bits per heavy atom. The average Bonchev–Trinajstić information content (AvgIpc) is 3.23. The summed E-state index contributed by atoms with van der Waals surface area (Å²) in [6.45, 7) is 8.37. The number of aromatic nitrogens is 6. The molecule has 0 saturated carbocycles. The number of rotatable bonds is 10. The number of nitrogen functional groups attached to an aromatic ring is 2. The van der Waals surface area contributed by atoms with Gasteiger partial charge in [0.25, 0.3) is 11.8 Å². The molecule has 14 nitrogen and oxygen atoms in total. The maximum atomic E-state index is 12.7. The van der Waals surface area contributed by atoms with Crippen molar-refractivity contribution in [1.82, 2.24) is 30.6 Å². The number of nitrogens with zero attached hydrogens (tertiary/aromatic N) is 6. The number of hydrogen-bond acceptors (Lipinski definition) is 10. The average molecular weight is 896 g/mol. The smallest absolute Gasteiger partial charge is 0.251 e. The van der Waals surface area contributed by atoms with Gasteiger partial charge < -0.3 is 32.5 Å². The first-order valence-electron chi connectivity index (χ1n) is 20.1. The quantitative estimate of drug-likeness (QED) is 0.0795. The fourth-order valence-corrected chi connectivity index (χ4v) is 7.91. The minimum absolute atomic E-state index is 0.193. The van der Waals surface area contributed by atoms with Crippen LogP contribution in [0.2, 0.25) is 10.0 Å². The summed E-state index contributed by atoms with van der Waals surface area (Å²) in [5.74, 6) is 0.550. The summed E-state index contributed by atoms with van der Waals surface area (Å²) >= 11 is 12.0. The largest absolute Gasteiger partial charge is 0.618 e. The molecule has 0 aliphatic rings. The molecule has 6 N–H and O–H groups in total. The Morgan fingerprint density at radius 2 is 1.00 bits per heavy atom. The molecule has 0 aliphatic carbocycles. The minimum atomic E-state index is -0.193. The first kappa shape index (κ1) is 44.6. The van der Waals surface area contributed by atoms with Crippen molar-refractivity contribution in [3.8, 4) is 0 Å². The second-order valence-electron chi connectivity index (χ2n) is 15.4. The second-order valence-corrected chi connectivity index (χ2v) is 16.3. The van der Waals surface area contributed by atoms with Gasteiger partial charge in [-0.15, -0.1) is 0 Å². The number of halogens is 2. The van der Waals surface area contributed by atoms with Gasteiger partial charge >= 0.3 is 0 Å². The van der Waals surface area contributed by atoms with Crippen molar-refractivity contribution in [3.05, 3.63) is 197 Å². The van der Waals surface area contributed by atoms with E-state index in [0.717, 1.165) is 76.4 Å². The van der Waals surface area contributed by atoms with Crippen LogP contribution in [0.15, 0.2) is 110 Å². The van der Waals surface area contributed by atoms with Crippen LogP contribution in [0, 0.1) is 38.1 Å². The molecule has 6 aromatic heterocycles. The van der Waals surface area contributed by atoms with Crippen LogP contribution in [0.1, 0.15) is 76.9 Å². The number of carbonyl (C=O) groups is 2. The van der Waals surface area contributed by atoms with E-state index in [2.05, 4.69) is 30.6 Å². The number of fused-ring (bicyclic) bond motifs is 2. The van der Waals surface area contributed by atoms with Crippen molar-refractivity contribution < 1.29 is 19.0 Å². The van der Waals surface area contributed by atoms with Crippen molar-refractivity contribution in [2.75, 3.05) is 11.5 Å². The van der Waals surface area contributed by atoms with Gasteiger partial charge in [0.05, 0.1) is 0 Å². The number of carbonyl (C=O) groups excluding carboxylic acids is 2. The third-order valence-electron chi connectivity index (χ3n) is 10.7. The van der Waals surface area contributed by atoms with Gasteiger partial charge in [-0.1, -0.05) is 35.3 Å². The standard InChI is InChI=1S/2C24H22ClN5O2/c2*1-14-7-23(26)29-15(2)21(14)12-28-24(31)17-5-6-27-20(11-17)9-16-3-4-22-18(8-16)10-19(25)13-30(22)32/h2*3-8,10-11,13H,9,12H2,1-2H3,(H2,26,29)(H,28,31).